The van der Waals surface area contributed by atoms with E-state index < -0.39 is 34.5 Å². The molecule has 1 atom stereocenters. The Morgan fingerprint density at radius 1 is 1.05 bits per heavy atom. The van der Waals surface area contributed by atoms with Crippen LogP contribution in [-0.2, 0) is 10.0 Å². The molecule has 3 aliphatic rings. The first-order valence-corrected chi connectivity index (χ1v) is 16.2. The fraction of sp³-hybridized carbons (Fsp3) is 0.552. The lowest BCUT2D eigenvalue weighted by molar-refractivity contribution is -0.176. The zero-order chi connectivity index (χ0) is 30.4. The molecule has 4 heterocycles. The van der Waals surface area contributed by atoms with Gasteiger partial charge in [-0.1, -0.05) is 0 Å². The second kappa shape index (κ2) is 11.3. The lowest BCUT2D eigenvalue weighted by Gasteiger charge is -2.35. The quantitative estimate of drug-likeness (QED) is 0.358. The van der Waals surface area contributed by atoms with Gasteiger partial charge in [0, 0.05) is 26.2 Å². The fourth-order valence-electron chi connectivity index (χ4n) is 6.10. The highest BCUT2D eigenvalue weighted by atomic mass is 32.2. The molecule has 2 aromatic heterocycles. The summed E-state index contributed by atoms with van der Waals surface area (Å²) in [5.74, 6) is -1.02. The molecule has 43 heavy (non-hydrogen) atoms. The Labute approximate surface area is 248 Å². The Bertz CT molecular complexity index is 1580. The Kier molecular flexibility index (Phi) is 7.78. The van der Waals surface area contributed by atoms with Gasteiger partial charge in [-0.25, -0.2) is 13.4 Å². The smallest absolute Gasteiger partial charge is 0.393 e. The Hall–Kier alpha value is -3.39. The molecule has 1 aromatic carbocycles. The maximum atomic E-state index is 13.4. The van der Waals surface area contributed by atoms with Gasteiger partial charge in [-0.3, -0.25) is 4.72 Å². The number of piperidine rings is 2. The van der Waals surface area contributed by atoms with Crippen molar-refractivity contribution in [2.75, 3.05) is 53.1 Å². The SMILES string of the molecule is Cc1cc(-c2nnc(-c3ccc(NS(=O)(=O)CCO)cc3N3CCC4(CC3)CC4)o2)nc(N2CCCC(C(F)(F)F)C2)c1. The number of pyridine rings is 1. The lowest BCUT2D eigenvalue weighted by atomic mass is 9.93. The van der Waals surface area contributed by atoms with E-state index in [0.29, 0.717) is 41.1 Å². The Morgan fingerprint density at radius 2 is 1.79 bits per heavy atom. The highest BCUT2D eigenvalue weighted by molar-refractivity contribution is 7.92. The summed E-state index contributed by atoms with van der Waals surface area (Å²) < 4.78 is 73.6. The van der Waals surface area contributed by atoms with Gasteiger partial charge in [-0.15, -0.1) is 10.2 Å². The highest BCUT2D eigenvalue weighted by Gasteiger charge is 2.45. The summed E-state index contributed by atoms with van der Waals surface area (Å²) in [5.41, 5.74) is 3.34. The molecule has 3 aromatic rings. The van der Waals surface area contributed by atoms with Gasteiger partial charge >= 0.3 is 6.18 Å². The van der Waals surface area contributed by atoms with E-state index in [1.54, 1.807) is 35.2 Å². The molecule has 0 amide bonds. The van der Waals surface area contributed by atoms with Crippen molar-refractivity contribution in [1.82, 2.24) is 15.2 Å². The summed E-state index contributed by atoms with van der Waals surface area (Å²) in [5, 5.41) is 17.7. The van der Waals surface area contributed by atoms with Crippen molar-refractivity contribution in [3.05, 3.63) is 35.9 Å². The molecule has 2 saturated heterocycles. The first-order valence-electron chi connectivity index (χ1n) is 14.6. The number of hydrogen-bond donors (Lipinski definition) is 2. The third-order valence-corrected chi connectivity index (χ3v) is 10.1. The summed E-state index contributed by atoms with van der Waals surface area (Å²) in [6.07, 6.45) is 0.836. The van der Waals surface area contributed by atoms with Crippen molar-refractivity contribution >= 4 is 27.2 Å². The molecular weight excluding hydrogens is 585 g/mol. The van der Waals surface area contributed by atoms with E-state index in [1.807, 2.05) is 6.92 Å². The van der Waals surface area contributed by atoms with Crippen molar-refractivity contribution in [2.24, 2.45) is 11.3 Å². The second-order valence-corrected chi connectivity index (χ2v) is 13.8. The van der Waals surface area contributed by atoms with Gasteiger partial charge in [0.2, 0.25) is 15.9 Å². The minimum absolute atomic E-state index is 0.105. The highest BCUT2D eigenvalue weighted by Crippen LogP contribution is 2.54. The molecule has 6 rings (SSSR count). The normalized spacial score (nSPS) is 20.4. The molecule has 10 nitrogen and oxygen atoms in total. The van der Waals surface area contributed by atoms with Gasteiger partial charge in [-0.2, -0.15) is 13.2 Å². The van der Waals surface area contributed by atoms with Crippen LogP contribution in [0.5, 0.6) is 0 Å². The molecule has 232 valence electrons. The molecule has 1 aliphatic carbocycles. The Balaban J connectivity index is 1.30. The minimum Gasteiger partial charge on any atom is -0.415 e. The minimum atomic E-state index is -4.26. The summed E-state index contributed by atoms with van der Waals surface area (Å²) in [6, 6.07) is 8.60. The monoisotopic (exact) mass is 620 g/mol. The number of rotatable bonds is 8. The van der Waals surface area contributed by atoms with Crippen LogP contribution < -0.4 is 14.5 Å². The number of aliphatic hydroxyl groups excluding tert-OH is 1. The number of halogens is 3. The number of aliphatic hydroxyl groups is 1. The zero-order valence-electron chi connectivity index (χ0n) is 23.9. The number of alkyl halides is 3. The Morgan fingerprint density at radius 3 is 2.49 bits per heavy atom. The zero-order valence-corrected chi connectivity index (χ0v) is 24.7. The average Bonchev–Trinajstić information content (AvgIpc) is 3.52. The molecule has 2 aliphatic heterocycles. The van der Waals surface area contributed by atoms with Crippen LogP contribution in [0.4, 0.5) is 30.4 Å². The van der Waals surface area contributed by atoms with Gasteiger partial charge in [0.25, 0.3) is 5.89 Å². The third kappa shape index (κ3) is 6.59. The van der Waals surface area contributed by atoms with Gasteiger partial charge < -0.3 is 19.3 Å². The fourth-order valence-corrected chi connectivity index (χ4v) is 6.92. The maximum Gasteiger partial charge on any atom is 0.393 e. The molecule has 0 bridgehead atoms. The number of aryl methyl sites for hydroxylation is 1. The summed E-state index contributed by atoms with van der Waals surface area (Å²) >= 11 is 0. The molecule has 2 N–H and O–H groups in total. The number of aromatic nitrogens is 3. The van der Waals surface area contributed by atoms with Crippen LogP contribution in [0.25, 0.3) is 23.0 Å². The van der Waals surface area contributed by atoms with Crippen LogP contribution in [0.15, 0.2) is 34.7 Å². The van der Waals surface area contributed by atoms with Crippen molar-refractivity contribution in [3.8, 4) is 23.0 Å². The third-order valence-electron chi connectivity index (χ3n) is 8.79. The van der Waals surface area contributed by atoms with Crippen LogP contribution in [0.3, 0.4) is 0 Å². The van der Waals surface area contributed by atoms with Crippen LogP contribution in [0, 0.1) is 18.3 Å². The molecule has 1 unspecified atom stereocenters. The van der Waals surface area contributed by atoms with Gasteiger partial charge in [0.05, 0.1) is 35.2 Å². The molecule has 1 spiro atoms. The van der Waals surface area contributed by atoms with E-state index in [9.17, 15) is 21.6 Å². The van der Waals surface area contributed by atoms with Crippen LogP contribution >= 0.6 is 0 Å². The lowest BCUT2D eigenvalue weighted by Crippen LogP contribution is -2.42. The molecular formula is C29H35F3N6O4S. The van der Waals surface area contributed by atoms with Gasteiger partial charge in [0.15, 0.2) is 0 Å². The van der Waals surface area contributed by atoms with E-state index in [2.05, 4.69) is 24.8 Å². The predicted molar refractivity (Wildman–Crippen MR) is 156 cm³/mol. The first-order chi connectivity index (χ1) is 20.4. The van der Waals surface area contributed by atoms with Crippen molar-refractivity contribution in [2.45, 2.75) is 51.6 Å². The topological polar surface area (TPSA) is 125 Å². The van der Waals surface area contributed by atoms with Gasteiger partial charge in [-0.05, 0) is 86.8 Å². The van der Waals surface area contributed by atoms with E-state index >= 15 is 0 Å². The van der Waals surface area contributed by atoms with E-state index in [1.165, 1.54) is 12.8 Å². The molecule has 1 saturated carbocycles. The molecule has 3 fully saturated rings. The predicted octanol–water partition coefficient (Wildman–Crippen LogP) is 5.00. The summed E-state index contributed by atoms with van der Waals surface area (Å²) in [4.78, 5) is 8.47. The first kappa shape index (κ1) is 29.7. The van der Waals surface area contributed by atoms with E-state index in [0.717, 1.165) is 37.2 Å². The number of anilines is 3. The number of nitrogens with zero attached hydrogens (tertiary/aromatic N) is 5. The van der Waals surface area contributed by atoms with Crippen molar-refractivity contribution in [3.63, 3.8) is 0 Å². The number of nitrogens with one attached hydrogen (secondary N) is 1. The van der Waals surface area contributed by atoms with E-state index in [-0.39, 0.29) is 24.7 Å². The van der Waals surface area contributed by atoms with Crippen LogP contribution in [0.2, 0.25) is 0 Å². The number of benzene rings is 1. The summed E-state index contributed by atoms with van der Waals surface area (Å²) in [7, 11) is -3.72. The summed E-state index contributed by atoms with van der Waals surface area (Å²) in [6.45, 7) is 3.29. The van der Waals surface area contributed by atoms with Gasteiger partial charge in [0.1, 0.15) is 11.5 Å². The number of sulfonamides is 1. The number of hydrogen-bond acceptors (Lipinski definition) is 9. The standard InChI is InChI=1S/C29H35F3N6O4S/c1-19-15-23(33-25(16-19)38-10-2-3-20(18-38)29(30,31)32)27-35-34-26(42-27)22-5-4-21(36-43(40,41)14-13-39)17-24(22)37-11-8-28(6-7-28)9-12-37/h4-5,15-17,20,36,39H,2-3,6-14,18H2,1H3. The van der Waals surface area contributed by atoms with E-state index in [4.69, 9.17) is 9.52 Å². The van der Waals surface area contributed by atoms with Crippen molar-refractivity contribution in [1.29, 1.82) is 0 Å². The second-order valence-electron chi connectivity index (χ2n) is 12.0. The molecule has 0 radical (unpaired) electrons. The van der Waals surface area contributed by atoms with Crippen LogP contribution in [0.1, 0.15) is 44.1 Å². The largest absolute Gasteiger partial charge is 0.415 e. The average molecular weight is 621 g/mol. The van der Waals surface area contributed by atoms with Crippen LogP contribution in [-0.4, -0.2) is 73.4 Å². The molecule has 14 heteroatoms. The maximum absolute atomic E-state index is 13.4. The van der Waals surface area contributed by atoms with Crippen molar-refractivity contribution < 1.29 is 31.1 Å².